The summed E-state index contributed by atoms with van der Waals surface area (Å²) >= 11 is 0. The van der Waals surface area contributed by atoms with E-state index in [0.29, 0.717) is 24.4 Å². The zero-order valence-electron chi connectivity index (χ0n) is 19.1. The predicted molar refractivity (Wildman–Crippen MR) is 132 cm³/mol. The molecule has 172 valence electrons. The van der Waals surface area contributed by atoms with E-state index in [2.05, 4.69) is 21.1 Å². The lowest BCUT2D eigenvalue weighted by Crippen LogP contribution is -2.31. The number of amides is 1. The maximum Gasteiger partial charge on any atom is 0.263 e. The van der Waals surface area contributed by atoms with Gasteiger partial charge in [-0.2, -0.15) is 4.98 Å². The number of hydrogen-bond acceptors (Lipinski definition) is 6. The first-order valence-corrected chi connectivity index (χ1v) is 12.1. The van der Waals surface area contributed by atoms with Crippen LogP contribution in [-0.4, -0.2) is 40.7 Å². The minimum Gasteiger partial charge on any atom is -0.356 e. The smallest absolute Gasteiger partial charge is 0.263 e. The Morgan fingerprint density at radius 2 is 1.71 bits per heavy atom. The highest BCUT2D eigenvalue weighted by molar-refractivity contribution is 5.98. The second kappa shape index (κ2) is 8.89. The van der Waals surface area contributed by atoms with Crippen molar-refractivity contribution in [2.45, 2.75) is 38.5 Å². The third-order valence-corrected chi connectivity index (χ3v) is 6.82. The van der Waals surface area contributed by atoms with Crippen molar-refractivity contribution < 1.29 is 9.32 Å². The molecule has 0 radical (unpaired) electrons. The summed E-state index contributed by atoms with van der Waals surface area (Å²) in [4.78, 5) is 26.9. The molecule has 4 heterocycles. The highest BCUT2D eigenvalue weighted by Crippen LogP contribution is 2.35. The van der Waals surface area contributed by atoms with Gasteiger partial charge in [-0.25, -0.2) is 4.98 Å². The first-order chi connectivity index (χ1) is 16.8. The first kappa shape index (κ1) is 20.8. The Balaban J connectivity index is 1.31. The van der Waals surface area contributed by atoms with E-state index in [1.54, 1.807) is 0 Å². The van der Waals surface area contributed by atoms with Gasteiger partial charge in [0.2, 0.25) is 5.91 Å². The summed E-state index contributed by atoms with van der Waals surface area (Å²) in [7, 11) is 0. The molecule has 7 heteroatoms. The van der Waals surface area contributed by atoms with Crippen molar-refractivity contribution in [2.24, 2.45) is 0 Å². The molecule has 0 spiro atoms. The van der Waals surface area contributed by atoms with Crippen molar-refractivity contribution in [2.75, 3.05) is 29.4 Å². The van der Waals surface area contributed by atoms with E-state index in [1.165, 1.54) is 12.0 Å². The van der Waals surface area contributed by atoms with Gasteiger partial charge in [-0.3, -0.25) is 4.79 Å². The van der Waals surface area contributed by atoms with Crippen molar-refractivity contribution >= 4 is 28.5 Å². The minimum atomic E-state index is 0.107. The van der Waals surface area contributed by atoms with Crippen LogP contribution in [0, 0.1) is 0 Å². The predicted octanol–water partition coefficient (Wildman–Crippen LogP) is 4.80. The summed E-state index contributed by atoms with van der Waals surface area (Å²) in [5.74, 6) is 1.61. The number of benzene rings is 2. The zero-order chi connectivity index (χ0) is 22.9. The number of hydrogen-bond donors (Lipinski definition) is 0. The average molecular weight is 454 g/mol. The van der Waals surface area contributed by atoms with Crippen molar-refractivity contribution in [3.8, 4) is 11.3 Å². The molecule has 0 aliphatic carbocycles. The van der Waals surface area contributed by atoms with Crippen LogP contribution in [0.5, 0.6) is 0 Å². The summed E-state index contributed by atoms with van der Waals surface area (Å²) in [6.45, 7) is 2.64. The number of aryl methyl sites for hydroxylation is 1. The van der Waals surface area contributed by atoms with Crippen LogP contribution in [0.3, 0.4) is 0 Å². The van der Waals surface area contributed by atoms with Gasteiger partial charge in [0.25, 0.3) is 5.71 Å². The van der Waals surface area contributed by atoms with Gasteiger partial charge in [0.15, 0.2) is 0 Å². The van der Waals surface area contributed by atoms with Crippen molar-refractivity contribution in [3.05, 3.63) is 66.0 Å². The van der Waals surface area contributed by atoms with Crippen LogP contribution < -0.4 is 9.80 Å². The second-order valence-corrected chi connectivity index (χ2v) is 9.01. The number of carbonyl (C=O) groups excluding carboxylic acids is 1. The number of aromatic nitrogens is 3. The molecule has 0 N–H and O–H groups in total. The van der Waals surface area contributed by atoms with Gasteiger partial charge in [-0.15, -0.1) is 0 Å². The average Bonchev–Trinajstić information content (AvgIpc) is 3.52. The van der Waals surface area contributed by atoms with E-state index < -0.39 is 0 Å². The molecule has 6 rings (SSSR count). The normalized spacial score (nSPS) is 15.6. The monoisotopic (exact) mass is 453 g/mol. The molecule has 2 aliphatic rings. The molecule has 34 heavy (non-hydrogen) atoms. The van der Waals surface area contributed by atoms with Crippen molar-refractivity contribution in [1.29, 1.82) is 0 Å². The van der Waals surface area contributed by atoms with Crippen LogP contribution >= 0.6 is 0 Å². The maximum absolute atomic E-state index is 13.0. The Labute approximate surface area is 198 Å². The highest BCUT2D eigenvalue weighted by Gasteiger charge is 2.26. The van der Waals surface area contributed by atoms with Gasteiger partial charge >= 0.3 is 0 Å². The lowest BCUT2D eigenvalue weighted by atomic mass is 10.1. The number of nitrogens with zero attached hydrogens (tertiary/aromatic N) is 5. The fourth-order valence-corrected chi connectivity index (χ4v) is 5.07. The van der Waals surface area contributed by atoms with E-state index in [0.717, 1.165) is 67.0 Å². The zero-order valence-corrected chi connectivity index (χ0v) is 19.1. The molecule has 0 atom stereocenters. The molecule has 2 aliphatic heterocycles. The Morgan fingerprint density at radius 3 is 2.56 bits per heavy atom. The SMILES string of the molecule is O=C(CCc1nc(N2CCCCC2)c2c(-c3ccccc3)noc2n1)N1CCc2ccccc21. The van der Waals surface area contributed by atoms with E-state index in [9.17, 15) is 4.79 Å². The van der Waals surface area contributed by atoms with E-state index in [-0.39, 0.29) is 5.91 Å². The number of anilines is 2. The summed E-state index contributed by atoms with van der Waals surface area (Å²) in [6.07, 6.45) is 5.25. The van der Waals surface area contributed by atoms with Gasteiger partial charge in [0.1, 0.15) is 22.7 Å². The standard InChI is InChI=1S/C27H27N5O2/c33-23(32-18-15-19-9-5-6-12-21(19)32)14-13-22-28-26(31-16-7-2-8-17-31)24-25(30-34-27(24)29-22)20-10-3-1-4-11-20/h1,3-6,9-12H,2,7-8,13-18H2. The Hall–Kier alpha value is -3.74. The minimum absolute atomic E-state index is 0.107. The lowest BCUT2D eigenvalue weighted by Gasteiger charge is -2.28. The van der Waals surface area contributed by atoms with Crippen LogP contribution in [-0.2, 0) is 17.6 Å². The van der Waals surface area contributed by atoms with Crippen LogP contribution in [0.25, 0.3) is 22.4 Å². The molecule has 4 aromatic rings. The molecule has 0 bridgehead atoms. The number of fused-ring (bicyclic) bond motifs is 2. The van der Waals surface area contributed by atoms with Crippen LogP contribution in [0.2, 0.25) is 0 Å². The molecule has 2 aromatic heterocycles. The fourth-order valence-electron chi connectivity index (χ4n) is 5.07. The first-order valence-electron chi connectivity index (χ1n) is 12.1. The summed E-state index contributed by atoms with van der Waals surface area (Å²) in [5, 5.41) is 5.22. The van der Waals surface area contributed by atoms with E-state index in [1.807, 2.05) is 53.4 Å². The highest BCUT2D eigenvalue weighted by atomic mass is 16.5. The molecule has 2 aromatic carbocycles. The summed E-state index contributed by atoms with van der Waals surface area (Å²) < 4.78 is 5.71. The fraction of sp³-hybridized carbons (Fsp3) is 0.333. The Morgan fingerprint density at radius 1 is 0.912 bits per heavy atom. The molecule has 0 unspecified atom stereocenters. The third-order valence-electron chi connectivity index (χ3n) is 6.82. The summed E-state index contributed by atoms with van der Waals surface area (Å²) in [5.41, 5.74) is 4.51. The van der Waals surface area contributed by atoms with Crippen molar-refractivity contribution in [3.63, 3.8) is 0 Å². The Kier molecular flexibility index (Phi) is 5.45. The van der Waals surface area contributed by atoms with Crippen LogP contribution in [0.15, 0.2) is 59.1 Å². The van der Waals surface area contributed by atoms with Gasteiger partial charge in [0.05, 0.1) is 0 Å². The largest absolute Gasteiger partial charge is 0.356 e. The van der Waals surface area contributed by atoms with Gasteiger partial charge in [0, 0.05) is 43.7 Å². The van der Waals surface area contributed by atoms with Crippen LogP contribution in [0.1, 0.15) is 37.1 Å². The topological polar surface area (TPSA) is 75.4 Å². The molecular weight excluding hydrogens is 426 g/mol. The number of rotatable bonds is 5. The molecule has 1 amide bonds. The second-order valence-electron chi connectivity index (χ2n) is 9.01. The maximum atomic E-state index is 13.0. The molecule has 1 fully saturated rings. The van der Waals surface area contributed by atoms with Gasteiger partial charge in [-0.05, 0) is 37.3 Å². The Bertz CT molecular complexity index is 1330. The number of piperidine rings is 1. The molecule has 7 nitrogen and oxygen atoms in total. The van der Waals surface area contributed by atoms with Gasteiger partial charge in [-0.1, -0.05) is 53.7 Å². The third kappa shape index (κ3) is 3.81. The molecule has 0 saturated carbocycles. The number of carbonyl (C=O) groups is 1. The van der Waals surface area contributed by atoms with E-state index in [4.69, 9.17) is 9.51 Å². The molecule has 1 saturated heterocycles. The quantitative estimate of drug-likeness (QED) is 0.432. The number of para-hydroxylation sites is 1. The van der Waals surface area contributed by atoms with Crippen LogP contribution in [0.4, 0.5) is 11.5 Å². The molecular formula is C27H27N5O2. The van der Waals surface area contributed by atoms with Gasteiger partial charge < -0.3 is 14.3 Å². The summed E-state index contributed by atoms with van der Waals surface area (Å²) in [6, 6.07) is 18.2. The van der Waals surface area contributed by atoms with E-state index >= 15 is 0 Å². The lowest BCUT2D eigenvalue weighted by molar-refractivity contribution is -0.118. The van der Waals surface area contributed by atoms with Crippen molar-refractivity contribution in [1.82, 2.24) is 15.1 Å².